The van der Waals surface area contributed by atoms with E-state index in [0.717, 1.165) is 18.9 Å². The second-order valence-electron chi connectivity index (χ2n) is 5.19. The van der Waals surface area contributed by atoms with Crippen molar-refractivity contribution in [3.05, 3.63) is 12.7 Å². The van der Waals surface area contributed by atoms with Crippen molar-refractivity contribution in [2.24, 2.45) is 4.99 Å². The monoisotopic (exact) mass is 252 g/mol. The molecule has 0 saturated heterocycles. The van der Waals surface area contributed by atoms with Gasteiger partial charge in [0.05, 0.1) is 0 Å². The molecule has 0 bridgehead atoms. The zero-order chi connectivity index (χ0) is 13.8. The zero-order valence-corrected chi connectivity index (χ0v) is 12.9. The Hall–Kier alpha value is -0.790. The van der Waals surface area contributed by atoms with Crippen LogP contribution in [0.1, 0.15) is 66.2 Å². The normalized spacial score (nSPS) is 11.9. The van der Waals surface area contributed by atoms with E-state index < -0.39 is 0 Å². The Morgan fingerprint density at radius 3 is 1.89 bits per heavy atom. The van der Waals surface area contributed by atoms with Crippen molar-refractivity contribution < 1.29 is 0 Å². The van der Waals surface area contributed by atoms with Crippen molar-refractivity contribution in [1.82, 2.24) is 4.90 Å². The summed E-state index contributed by atoms with van der Waals surface area (Å²) in [6.45, 7) is 14.9. The molecule has 0 saturated carbocycles. The molecule has 0 heterocycles. The Morgan fingerprint density at radius 1 is 1.06 bits per heavy atom. The molecule has 2 nitrogen and oxygen atoms in total. The Balaban J connectivity index is 4.44. The first-order valence-electron chi connectivity index (χ1n) is 7.60. The largest absolute Gasteiger partial charge is 0.357 e. The van der Waals surface area contributed by atoms with Gasteiger partial charge in [0.2, 0.25) is 0 Å². The second kappa shape index (κ2) is 11.3. The van der Waals surface area contributed by atoms with Crippen molar-refractivity contribution in [2.45, 2.75) is 72.3 Å². The predicted octanol–water partition coefficient (Wildman–Crippen LogP) is 4.66. The van der Waals surface area contributed by atoms with E-state index in [4.69, 9.17) is 0 Å². The number of nitrogens with zero attached hydrogens (tertiary/aromatic N) is 2. The summed E-state index contributed by atoms with van der Waals surface area (Å²) in [5, 5.41) is 0. The van der Waals surface area contributed by atoms with Crippen LogP contribution < -0.4 is 0 Å². The summed E-state index contributed by atoms with van der Waals surface area (Å²) in [5.41, 5.74) is 0. The van der Waals surface area contributed by atoms with Crippen LogP contribution in [0.5, 0.6) is 0 Å². The maximum absolute atomic E-state index is 4.68. The van der Waals surface area contributed by atoms with E-state index in [2.05, 4.69) is 44.2 Å². The Kier molecular flexibility index (Phi) is 10.8. The number of aliphatic imine (C=N–C) groups is 1. The van der Waals surface area contributed by atoms with Gasteiger partial charge in [-0.15, -0.1) is 0 Å². The first-order chi connectivity index (χ1) is 8.65. The minimum absolute atomic E-state index is 0.345. The van der Waals surface area contributed by atoms with E-state index in [-0.39, 0.29) is 0 Å². The highest BCUT2D eigenvalue weighted by Gasteiger charge is 2.08. The fraction of sp³-hybridized carbons (Fsp3) is 0.812. The van der Waals surface area contributed by atoms with Gasteiger partial charge in [0.1, 0.15) is 5.84 Å². The molecule has 0 radical (unpaired) electrons. The summed E-state index contributed by atoms with van der Waals surface area (Å²) in [6, 6.07) is 0.345. The minimum atomic E-state index is 0.345. The van der Waals surface area contributed by atoms with Gasteiger partial charge in [0.15, 0.2) is 0 Å². The first-order valence-corrected chi connectivity index (χ1v) is 7.60. The van der Waals surface area contributed by atoms with Gasteiger partial charge in [-0.05, 0) is 32.8 Å². The van der Waals surface area contributed by atoms with Crippen molar-refractivity contribution in [2.75, 3.05) is 13.1 Å². The molecule has 0 aliphatic rings. The molecule has 106 valence electrons. The quantitative estimate of drug-likeness (QED) is 0.313. The topological polar surface area (TPSA) is 15.6 Å². The second-order valence-corrected chi connectivity index (χ2v) is 5.19. The molecule has 0 aliphatic carbocycles. The summed E-state index contributed by atoms with van der Waals surface area (Å²) >= 11 is 0. The van der Waals surface area contributed by atoms with Crippen LogP contribution in [0.3, 0.4) is 0 Å². The van der Waals surface area contributed by atoms with Crippen LogP contribution in [0, 0.1) is 0 Å². The molecule has 0 fully saturated rings. The summed E-state index contributed by atoms with van der Waals surface area (Å²) in [7, 11) is 0. The van der Waals surface area contributed by atoms with E-state index in [1.165, 1.54) is 38.5 Å². The first kappa shape index (κ1) is 17.2. The van der Waals surface area contributed by atoms with Crippen LogP contribution in [0.25, 0.3) is 0 Å². The lowest BCUT2D eigenvalue weighted by atomic mass is 10.2. The highest BCUT2D eigenvalue weighted by Crippen LogP contribution is 2.06. The van der Waals surface area contributed by atoms with Crippen LogP contribution in [0.4, 0.5) is 0 Å². The number of amidine groups is 1. The lowest BCUT2D eigenvalue weighted by Gasteiger charge is -2.25. The van der Waals surface area contributed by atoms with Gasteiger partial charge in [-0.3, -0.25) is 4.99 Å². The van der Waals surface area contributed by atoms with Gasteiger partial charge >= 0.3 is 0 Å². The minimum Gasteiger partial charge on any atom is -0.357 e. The maximum atomic E-state index is 4.68. The average molecular weight is 252 g/mol. The molecule has 0 amide bonds. The van der Waals surface area contributed by atoms with Crippen molar-refractivity contribution in [1.29, 1.82) is 0 Å². The molecule has 2 heteroatoms. The number of unbranched alkanes of at least 4 members (excludes halogenated alkanes) is 4. The Bertz CT molecular complexity index is 221. The highest BCUT2D eigenvalue weighted by atomic mass is 15.2. The van der Waals surface area contributed by atoms with E-state index in [1.807, 2.05) is 6.08 Å². The summed E-state index contributed by atoms with van der Waals surface area (Å²) in [5.74, 6) is 1.08. The molecule has 0 unspecified atom stereocenters. The fourth-order valence-corrected chi connectivity index (χ4v) is 1.97. The molecule has 0 rings (SSSR count). The van der Waals surface area contributed by atoms with Gasteiger partial charge in [0, 0.05) is 19.1 Å². The molecule has 0 aromatic carbocycles. The summed E-state index contributed by atoms with van der Waals surface area (Å²) in [6.07, 6.45) is 9.58. The lowest BCUT2D eigenvalue weighted by molar-refractivity contribution is 0.390. The average Bonchev–Trinajstić information content (AvgIpc) is 2.34. The van der Waals surface area contributed by atoms with Gasteiger partial charge in [0.25, 0.3) is 0 Å². The molecule has 0 spiro atoms. The third-order valence-electron chi connectivity index (χ3n) is 2.96. The smallest absolute Gasteiger partial charge is 0.123 e. The van der Waals surface area contributed by atoms with E-state index >= 15 is 0 Å². The number of rotatable bonds is 10. The molecule has 0 atom stereocenters. The zero-order valence-electron chi connectivity index (χ0n) is 12.9. The van der Waals surface area contributed by atoms with Crippen molar-refractivity contribution in [3.63, 3.8) is 0 Å². The fourth-order valence-electron chi connectivity index (χ4n) is 1.97. The van der Waals surface area contributed by atoms with E-state index in [0.29, 0.717) is 6.04 Å². The number of hydrogen-bond acceptors (Lipinski definition) is 1. The molecule has 0 aromatic heterocycles. The van der Waals surface area contributed by atoms with Crippen LogP contribution in [-0.4, -0.2) is 29.9 Å². The van der Waals surface area contributed by atoms with Crippen LogP contribution in [0.2, 0.25) is 0 Å². The number of hydrogen-bond donors (Lipinski definition) is 0. The van der Waals surface area contributed by atoms with Crippen LogP contribution >= 0.6 is 0 Å². The predicted molar refractivity (Wildman–Crippen MR) is 83.4 cm³/mol. The lowest BCUT2D eigenvalue weighted by Crippen LogP contribution is -2.32. The molecule has 0 aromatic rings. The van der Waals surface area contributed by atoms with Crippen LogP contribution in [-0.2, 0) is 0 Å². The van der Waals surface area contributed by atoms with Crippen LogP contribution in [0.15, 0.2) is 17.6 Å². The van der Waals surface area contributed by atoms with E-state index in [1.54, 1.807) is 0 Å². The third kappa shape index (κ3) is 8.32. The third-order valence-corrected chi connectivity index (χ3v) is 2.96. The van der Waals surface area contributed by atoms with Crippen molar-refractivity contribution in [3.8, 4) is 0 Å². The molecular weight excluding hydrogens is 220 g/mol. The molecule has 0 aliphatic heterocycles. The highest BCUT2D eigenvalue weighted by molar-refractivity contribution is 5.92. The van der Waals surface area contributed by atoms with Gasteiger partial charge in [-0.25, -0.2) is 0 Å². The molecule has 0 N–H and O–H groups in total. The SMILES string of the molecule is C=CC(=NC(C)C)N(CCCCC)CCCCC. The summed E-state index contributed by atoms with van der Waals surface area (Å²) < 4.78 is 0. The Labute approximate surface area is 114 Å². The summed E-state index contributed by atoms with van der Waals surface area (Å²) in [4.78, 5) is 7.09. The van der Waals surface area contributed by atoms with Crippen molar-refractivity contribution >= 4 is 5.84 Å². The van der Waals surface area contributed by atoms with Gasteiger partial charge in [-0.1, -0.05) is 46.1 Å². The maximum Gasteiger partial charge on any atom is 0.123 e. The molecular formula is C16H32N2. The Morgan fingerprint density at radius 2 is 1.56 bits per heavy atom. The van der Waals surface area contributed by atoms with Gasteiger partial charge in [-0.2, -0.15) is 0 Å². The van der Waals surface area contributed by atoms with Gasteiger partial charge < -0.3 is 4.90 Å². The van der Waals surface area contributed by atoms with E-state index in [9.17, 15) is 0 Å². The standard InChI is InChI=1S/C16H32N2/c1-6-9-11-13-18(14-12-10-7-2)16(8-3)17-15(4)5/h8,15H,3,6-7,9-14H2,1-2,4-5H3. The molecule has 18 heavy (non-hydrogen) atoms.